The van der Waals surface area contributed by atoms with E-state index in [1.54, 1.807) is 0 Å². The summed E-state index contributed by atoms with van der Waals surface area (Å²) in [7, 11) is 0. The molecular weight excluding hydrogens is 222 g/mol. The fraction of sp³-hybridized carbons (Fsp3) is 0.400. The van der Waals surface area contributed by atoms with Crippen molar-refractivity contribution in [3.05, 3.63) is 47.8 Å². The Balaban J connectivity index is 2.19. The molecule has 1 heterocycles. The number of aromatic nitrogens is 2. The average molecular weight is 243 g/mol. The summed E-state index contributed by atoms with van der Waals surface area (Å²) in [6.07, 6.45) is 5.08. The van der Waals surface area contributed by atoms with Crippen LogP contribution in [0.15, 0.2) is 36.7 Å². The maximum atomic E-state index is 4.34. The highest BCUT2D eigenvalue weighted by molar-refractivity contribution is 5.36. The van der Waals surface area contributed by atoms with E-state index in [1.165, 1.54) is 11.1 Å². The van der Waals surface area contributed by atoms with E-state index >= 15 is 0 Å². The molecule has 1 aromatic heterocycles. The third-order valence-electron chi connectivity index (χ3n) is 3.05. The second-order valence-corrected chi connectivity index (χ2v) is 4.73. The van der Waals surface area contributed by atoms with Crippen LogP contribution < -0.4 is 5.32 Å². The second-order valence-electron chi connectivity index (χ2n) is 4.73. The number of nitrogens with zero attached hydrogens (tertiary/aromatic N) is 2. The van der Waals surface area contributed by atoms with Gasteiger partial charge in [-0.25, -0.2) is 4.68 Å². The van der Waals surface area contributed by atoms with Crippen LogP contribution in [0, 0.1) is 6.92 Å². The average Bonchev–Trinajstić information content (AvgIpc) is 2.83. The fourth-order valence-electron chi connectivity index (χ4n) is 1.97. The van der Waals surface area contributed by atoms with Gasteiger partial charge < -0.3 is 5.32 Å². The molecule has 0 aliphatic carbocycles. The Kier molecular flexibility index (Phi) is 4.15. The zero-order valence-corrected chi connectivity index (χ0v) is 11.4. The van der Waals surface area contributed by atoms with Crippen LogP contribution in [0.5, 0.6) is 0 Å². The van der Waals surface area contributed by atoms with E-state index in [4.69, 9.17) is 0 Å². The van der Waals surface area contributed by atoms with Gasteiger partial charge in [0, 0.05) is 12.2 Å². The van der Waals surface area contributed by atoms with Crippen LogP contribution in [0.3, 0.4) is 0 Å². The summed E-state index contributed by atoms with van der Waals surface area (Å²) in [5.74, 6) is 0. The van der Waals surface area contributed by atoms with E-state index in [9.17, 15) is 0 Å². The quantitative estimate of drug-likeness (QED) is 0.873. The topological polar surface area (TPSA) is 29.9 Å². The molecule has 0 fully saturated rings. The Bertz CT molecular complexity index is 502. The summed E-state index contributed by atoms with van der Waals surface area (Å²) >= 11 is 0. The molecule has 18 heavy (non-hydrogen) atoms. The first-order valence-corrected chi connectivity index (χ1v) is 6.55. The molecule has 1 aromatic carbocycles. The highest BCUT2D eigenvalue weighted by Crippen LogP contribution is 2.16. The van der Waals surface area contributed by atoms with Gasteiger partial charge in [-0.3, -0.25) is 0 Å². The highest BCUT2D eigenvalue weighted by Gasteiger charge is 2.06. The van der Waals surface area contributed by atoms with Crippen LogP contribution in [-0.4, -0.2) is 16.3 Å². The molecule has 0 aliphatic rings. The van der Waals surface area contributed by atoms with Crippen molar-refractivity contribution in [2.45, 2.75) is 33.2 Å². The molecule has 0 radical (unpaired) electrons. The Labute approximate surface area is 109 Å². The van der Waals surface area contributed by atoms with E-state index in [0.717, 1.165) is 18.7 Å². The lowest BCUT2D eigenvalue weighted by Crippen LogP contribution is -2.19. The molecule has 0 spiro atoms. The maximum absolute atomic E-state index is 4.34. The smallest absolute Gasteiger partial charge is 0.0648 e. The van der Waals surface area contributed by atoms with Crippen molar-refractivity contribution in [2.75, 3.05) is 6.54 Å². The van der Waals surface area contributed by atoms with Gasteiger partial charge in [0.2, 0.25) is 0 Å². The van der Waals surface area contributed by atoms with Crippen molar-refractivity contribution in [1.29, 1.82) is 0 Å². The molecule has 0 bridgehead atoms. The summed E-state index contributed by atoms with van der Waals surface area (Å²) in [4.78, 5) is 0. The zero-order chi connectivity index (χ0) is 13.0. The summed E-state index contributed by atoms with van der Waals surface area (Å²) in [6.45, 7) is 7.48. The molecule has 0 saturated carbocycles. The summed E-state index contributed by atoms with van der Waals surface area (Å²) < 4.78 is 1.92. The number of rotatable bonds is 5. The lowest BCUT2D eigenvalue weighted by Gasteiger charge is -2.14. The SMILES string of the molecule is CCCNC(C)c1cccc(-n2cc(C)cn2)c1. The minimum atomic E-state index is 0.376. The van der Waals surface area contributed by atoms with E-state index in [1.807, 2.05) is 17.1 Å². The molecule has 3 heteroatoms. The van der Waals surface area contributed by atoms with Gasteiger partial charge in [0.15, 0.2) is 0 Å². The predicted octanol–water partition coefficient (Wildman–Crippen LogP) is 3.24. The van der Waals surface area contributed by atoms with Crippen LogP contribution in [0.4, 0.5) is 0 Å². The number of aryl methyl sites for hydroxylation is 1. The van der Waals surface area contributed by atoms with E-state index in [2.05, 4.69) is 55.5 Å². The van der Waals surface area contributed by atoms with Crippen molar-refractivity contribution in [2.24, 2.45) is 0 Å². The monoisotopic (exact) mass is 243 g/mol. The van der Waals surface area contributed by atoms with Gasteiger partial charge in [0.25, 0.3) is 0 Å². The van der Waals surface area contributed by atoms with Crippen molar-refractivity contribution in [3.63, 3.8) is 0 Å². The predicted molar refractivity (Wildman–Crippen MR) is 75.0 cm³/mol. The number of benzene rings is 1. The first kappa shape index (κ1) is 12.8. The largest absolute Gasteiger partial charge is 0.310 e. The summed E-state index contributed by atoms with van der Waals surface area (Å²) in [5.41, 5.74) is 3.59. The van der Waals surface area contributed by atoms with Crippen LogP contribution in [-0.2, 0) is 0 Å². The molecule has 2 rings (SSSR count). The first-order valence-electron chi connectivity index (χ1n) is 6.55. The van der Waals surface area contributed by atoms with Gasteiger partial charge in [0.1, 0.15) is 0 Å². The molecule has 0 aliphatic heterocycles. The minimum absolute atomic E-state index is 0.376. The lowest BCUT2D eigenvalue weighted by molar-refractivity contribution is 0.570. The first-order chi connectivity index (χ1) is 8.70. The fourth-order valence-corrected chi connectivity index (χ4v) is 1.97. The second kappa shape index (κ2) is 5.83. The molecule has 2 aromatic rings. The van der Waals surface area contributed by atoms with E-state index in [0.29, 0.717) is 6.04 Å². The minimum Gasteiger partial charge on any atom is -0.310 e. The van der Waals surface area contributed by atoms with Gasteiger partial charge >= 0.3 is 0 Å². The molecule has 0 saturated heterocycles. The molecule has 1 atom stereocenters. The normalized spacial score (nSPS) is 12.6. The van der Waals surface area contributed by atoms with E-state index < -0.39 is 0 Å². The van der Waals surface area contributed by atoms with Crippen LogP contribution in [0.25, 0.3) is 5.69 Å². The molecule has 3 nitrogen and oxygen atoms in total. The van der Waals surface area contributed by atoms with Crippen LogP contribution in [0.2, 0.25) is 0 Å². The third kappa shape index (κ3) is 2.99. The standard InChI is InChI=1S/C15H21N3/c1-4-8-16-13(3)14-6-5-7-15(9-14)18-11-12(2)10-17-18/h5-7,9-11,13,16H,4,8H2,1-3H3. The number of hydrogen-bond donors (Lipinski definition) is 1. The number of hydrogen-bond acceptors (Lipinski definition) is 2. The van der Waals surface area contributed by atoms with E-state index in [-0.39, 0.29) is 0 Å². The van der Waals surface area contributed by atoms with Gasteiger partial charge in [-0.15, -0.1) is 0 Å². The van der Waals surface area contributed by atoms with Crippen molar-refractivity contribution >= 4 is 0 Å². The molecular formula is C15H21N3. The van der Waals surface area contributed by atoms with Crippen molar-refractivity contribution in [3.8, 4) is 5.69 Å². The van der Waals surface area contributed by atoms with Crippen LogP contribution >= 0.6 is 0 Å². The van der Waals surface area contributed by atoms with Gasteiger partial charge in [-0.1, -0.05) is 19.1 Å². The molecule has 1 N–H and O–H groups in total. The van der Waals surface area contributed by atoms with Gasteiger partial charge in [-0.2, -0.15) is 5.10 Å². The van der Waals surface area contributed by atoms with Crippen LogP contribution in [0.1, 0.15) is 37.4 Å². The third-order valence-corrected chi connectivity index (χ3v) is 3.05. The Hall–Kier alpha value is -1.61. The molecule has 96 valence electrons. The van der Waals surface area contributed by atoms with Gasteiger partial charge in [0.05, 0.1) is 11.9 Å². The Morgan fingerprint density at radius 3 is 2.89 bits per heavy atom. The maximum Gasteiger partial charge on any atom is 0.0648 e. The molecule has 0 amide bonds. The lowest BCUT2D eigenvalue weighted by atomic mass is 10.1. The van der Waals surface area contributed by atoms with Crippen molar-refractivity contribution in [1.82, 2.24) is 15.1 Å². The summed E-state index contributed by atoms with van der Waals surface area (Å²) in [5, 5.41) is 7.85. The molecule has 1 unspecified atom stereocenters. The van der Waals surface area contributed by atoms with Crippen molar-refractivity contribution < 1.29 is 0 Å². The Morgan fingerprint density at radius 1 is 1.39 bits per heavy atom. The summed E-state index contributed by atoms with van der Waals surface area (Å²) in [6, 6.07) is 8.91. The zero-order valence-electron chi connectivity index (χ0n) is 11.4. The number of nitrogens with one attached hydrogen (secondary N) is 1. The van der Waals surface area contributed by atoms with Gasteiger partial charge in [-0.05, 0) is 50.1 Å². The Morgan fingerprint density at radius 2 is 2.22 bits per heavy atom. The highest BCUT2D eigenvalue weighted by atomic mass is 15.3.